The summed E-state index contributed by atoms with van der Waals surface area (Å²) in [5.41, 5.74) is 0. The second kappa shape index (κ2) is 52.9. The van der Waals surface area contributed by atoms with Crippen LogP contribution < -0.4 is 0 Å². The molecule has 0 amide bonds. The number of esters is 2. The van der Waals surface area contributed by atoms with E-state index in [1.54, 1.807) is 0 Å². The molecule has 0 heterocycles. The van der Waals surface area contributed by atoms with E-state index in [2.05, 4.69) is 13.8 Å². The number of nitrogens with zero attached hydrogens (tertiary/aromatic N) is 1. The lowest BCUT2D eigenvalue weighted by Gasteiger charge is -2.24. The Labute approximate surface area is 435 Å². The first-order valence-electron chi connectivity index (χ1n) is 30.8. The molecule has 0 saturated heterocycles. The van der Waals surface area contributed by atoms with E-state index in [9.17, 15) is 19.0 Å². The Hall–Kier alpha value is -0.990. The summed E-state index contributed by atoms with van der Waals surface area (Å²) in [4.78, 5) is 35.7. The van der Waals surface area contributed by atoms with E-state index < -0.39 is 26.5 Å². The van der Waals surface area contributed by atoms with Crippen molar-refractivity contribution in [1.29, 1.82) is 0 Å². The number of rotatable bonds is 58. The Kier molecular flexibility index (Phi) is 52.1. The molecule has 0 bridgehead atoms. The number of carbonyl (C=O) groups excluding carboxylic acids is 2. The van der Waals surface area contributed by atoms with Crippen LogP contribution in [-0.4, -0.2) is 74.9 Å². The molecule has 0 rings (SSSR count). The SMILES string of the molecule is CCCCCCCCCCCCCCCCCCCCCCCCCCCCCC(=O)OC(COC(=O)CCCCCCCCCCCCCCCCCCCCC)COP(=O)(O)OCC[N+](C)(C)C. The Balaban J connectivity index is 4.05. The molecule has 70 heavy (non-hydrogen) atoms. The van der Waals surface area contributed by atoms with E-state index in [4.69, 9.17) is 18.5 Å². The number of unbranched alkanes of at least 4 members (excludes halogenated alkanes) is 44. The number of quaternary nitrogens is 1. The van der Waals surface area contributed by atoms with Gasteiger partial charge in [-0.1, -0.05) is 296 Å². The van der Waals surface area contributed by atoms with E-state index >= 15 is 0 Å². The van der Waals surface area contributed by atoms with Crippen LogP contribution in [0.15, 0.2) is 0 Å². The van der Waals surface area contributed by atoms with Gasteiger partial charge in [0, 0.05) is 12.8 Å². The average Bonchev–Trinajstić information content (AvgIpc) is 3.32. The zero-order valence-electron chi connectivity index (χ0n) is 47.5. The molecule has 0 aromatic heterocycles. The summed E-state index contributed by atoms with van der Waals surface area (Å²) in [6.07, 6.45) is 60.4. The number of carbonyl (C=O) groups is 2. The standard InChI is InChI=1S/C60H120NO8P/c1-6-8-10-12-14-16-18-20-22-24-26-27-28-29-30-31-32-33-35-37-39-41-43-45-47-49-51-53-60(63)69-58(57-68-70(64,65)67-55-54-61(3,4)5)56-66-59(62)52-50-48-46-44-42-40-38-36-34-25-23-21-19-17-15-13-11-9-7-2/h58H,6-57H2,1-5H3/p+1. The number of hydrogen-bond acceptors (Lipinski definition) is 7. The molecule has 0 fully saturated rings. The maximum atomic E-state index is 12.8. The Morgan fingerprint density at radius 3 is 0.914 bits per heavy atom. The molecule has 418 valence electrons. The van der Waals surface area contributed by atoms with Gasteiger partial charge in [-0.2, -0.15) is 0 Å². The van der Waals surface area contributed by atoms with Gasteiger partial charge < -0.3 is 18.9 Å². The van der Waals surface area contributed by atoms with Gasteiger partial charge in [0.1, 0.15) is 19.8 Å². The van der Waals surface area contributed by atoms with Crippen LogP contribution in [0.1, 0.15) is 322 Å². The van der Waals surface area contributed by atoms with Crippen molar-refractivity contribution >= 4 is 19.8 Å². The van der Waals surface area contributed by atoms with Gasteiger partial charge in [-0.15, -0.1) is 0 Å². The van der Waals surface area contributed by atoms with Gasteiger partial charge in [0.2, 0.25) is 0 Å². The molecule has 10 heteroatoms. The molecule has 9 nitrogen and oxygen atoms in total. The van der Waals surface area contributed by atoms with Crippen LogP contribution in [0.5, 0.6) is 0 Å². The molecule has 0 aliphatic heterocycles. The van der Waals surface area contributed by atoms with Crippen LogP contribution in [0.3, 0.4) is 0 Å². The van der Waals surface area contributed by atoms with Crippen molar-refractivity contribution in [2.75, 3.05) is 47.5 Å². The lowest BCUT2D eigenvalue weighted by atomic mass is 10.0. The summed E-state index contributed by atoms with van der Waals surface area (Å²) in [7, 11) is 1.50. The normalized spacial score (nSPS) is 13.2. The van der Waals surface area contributed by atoms with Gasteiger partial charge in [0.05, 0.1) is 27.7 Å². The highest BCUT2D eigenvalue weighted by atomic mass is 31.2. The van der Waals surface area contributed by atoms with E-state index in [0.717, 1.165) is 38.5 Å². The highest BCUT2D eigenvalue weighted by Crippen LogP contribution is 2.43. The van der Waals surface area contributed by atoms with Crippen LogP contribution in [-0.2, 0) is 32.7 Å². The van der Waals surface area contributed by atoms with Crippen LogP contribution in [0.2, 0.25) is 0 Å². The first-order chi connectivity index (χ1) is 34.0. The van der Waals surface area contributed by atoms with Crippen LogP contribution >= 0.6 is 7.82 Å². The first kappa shape index (κ1) is 69.0. The van der Waals surface area contributed by atoms with Crippen LogP contribution in [0.25, 0.3) is 0 Å². The van der Waals surface area contributed by atoms with E-state index in [-0.39, 0.29) is 25.6 Å². The second-order valence-electron chi connectivity index (χ2n) is 22.5. The molecular formula is C60H121NO8P+. The van der Waals surface area contributed by atoms with E-state index in [1.807, 2.05) is 21.1 Å². The predicted octanol–water partition coefficient (Wildman–Crippen LogP) is 19.0. The van der Waals surface area contributed by atoms with Gasteiger partial charge in [-0.05, 0) is 12.8 Å². The third-order valence-corrected chi connectivity index (χ3v) is 15.1. The van der Waals surface area contributed by atoms with Crippen molar-refractivity contribution < 1.29 is 42.1 Å². The number of phosphoric acid groups is 1. The maximum Gasteiger partial charge on any atom is 0.472 e. The van der Waals surface area contributed by atoms with Gasteiger partial charge in [0.15, 0.2) is 6.10 Å². The second-order valence-corrected chi connectivity index (χ2v) is 23.9. The smallest absolute Gasteiger partial charge is 0.462 e. The topological polar surface area (TPSA) is 108 Å². The van der Waals surface area contributed by atoms with Crippen molar-refractivity contribution in [2.24, 2.45) is 0 Å². The predicted molar refractivity (Wildman–Crippen MR) is 298 cm³/mol. The van der Waals surface area contributed by atoms with Gasteiger partial charge in [-0.3, -0.25) is 18.6 Å². The van der Waals surface area contributed by atoms with Crippen molar-refractivity contribution in [1.82, 2.24) is 0 Å². The average molecular weight is 1020 g/mol. The molecule has 0 aliphatic carbocycles. The summed E-state index contributed by atoms with van der Waals surface area (Å²) >= 11 is 0. The summed E-state index contributed by atoms with van der Waals surface area (Å²) in [6, 6.07) is 0. The molecule has 0 spiro atoms. The molecule has 0 aromatic carbocycles. The summed E-state index contributed by atoms with van der Waals surface area (Å²) in [5.74, 6) is -0.772. The molecule has 2 atom stereocenters. The number of hydrogen-bond donors (Lipinski definition) is 1. The van der Waals surface area contributed by atoms with E-state index in [0.29, 0.717) is 17.4 Å². The van der Waals surface area contributed by atoms with Crippen molar-refractivity contribution in [2.45, 2.75) is 328 Å². The van der Waals surface area contributed by atoms with E-state index in [1.165, 1.54) is 257 Å². The van der Waals surface area contributed by atoms with Crippen LogP contribution in [0, 0.1) is 0 Å². The highest BCUT2D eigenvalue weighted by Gasteiger charge is 2.27. The highest BCUT2D eigenvalue weighted by molar-refractivity contribution is 7.47. The number of likely N-dealkylation sites (N-methyl/N-ethyl adjacent to an activating group) is 1. The molecular weight excluding hydrogens is 894 g/mol. The quantitative estimate of drug-likeness (QED) is 0.0278. The summed E-state index contributed by atoms with van der Waals surface area (Å²) < 4.78 is 34.6. The molecule has 2 unspecified atom stereocenters. The Morgan fingerprint density at radius 2 is 0.643 bits per heavy atom. The summed E-state index contributed by atoms with van der Waals surface area (Å²) in [5, 5.41) is 0. The van der Waals surface area contributed by atoms with Gasteiger partial charge in [0.25, 0.3) is 0 Å². The lowest BCUT2D eigenvalue weighted by molar-refractivity contribution is -0.870. The lowest BCUT2D eigenvalue weighted by Crippen LogP contribution is -2.37. The third kappa shape index (κ3) is 56.3. The fourth-order valence-corrected chi connectivity index (χ4v) is 10.1. The third-order valence-electron chi connectivity index (χ3n) is 14.1. The number of phosphoric ester groups is 1. The number of ether oxygens (including phenoxy) is 2. The molecule has 0 aliphatic rings. The minimum Gasteiger partial charge on any atom is -0.462 e. The minimum absolute atomic E-state index is 0.0375. The summed E-state index contributed by atoms with van der Waals surface area (Å²) in [6.45, 7) is 4.51. The molecule has 1 N–H and O–H groups in total. The molecule has 0 saturated carbocycles. The van der Waals surface area contributed by atoms with Crippen molar-refractivity contribution in [3.63, 3.8) is 0 Å². The Bertz CT molecular complexity index is 1150. The van der Waals surface area contributed by atoms with Crippen molar-refractivity contribution in [3.05, 3.63) is 0 Å². The minimum atomic E-state index is -4.38. The van der Waals surface area contributed by atoms with Crippen molar-refractivity contribution in [3.8, 4) is 0 Å². The van der Waals surface area contributed by atoms with Crippen LogP contribution in [0.4, 0.5) is 0 Å². The fourth-order valence-electron chi connectivity index (χ4n) is 9.37. The first-order valence-corrected chi connectivity index (χ1v) is 32.3. The largest absolute Gasteiger partial charge is 0.472 e. The zero-order valence-corrected chi connectivity index (χ0v) is 48.4. The fraction of sp³-hybridized carbons (Fsp3) is 0.967. The Morgan fingerprint density at radius 1 is 0.386 bits per heavy atom. The zero-order chi connectivity index (χ0) is 51.3. The van der Waals surface area contributed by atoms with Gasteiger partial charge in [-0.25, -0.2) is 4.57 Å². The maximum absolute atomic E-state index is 12.8. The molecule has 0 radical (unpaired) electrons. The monoisotopic (exact) mass is 1010 g/mol. The van der Waals surface area contributed by atoms with Gasteiger partial charge >= 0.3 is 19.8 Å². The molecule has 0 aromatic rings.